The molecule has 1 amide bonds. The van der Waals surface area contributed by atoms with Crippen LogP contribution < -0.4 is 5.32 Å². The number of nitrogens with one attached hydrogen (secondary N) is 1. The highest BCUT2D eigenvalue weighted by Crippen LogP contribution is 2.29. The topological polar surface area (TPSA) is 73.0 Å². The molecule has 1 aliphatic rings. The van der Waals surface area contributed by atoms with Gasteiger partial charge < -0.3 is 9.73 Å². The minimum absolute atomic E-state index is 0.0440. The summed E-state index contributed by atoms with van der Waals surface area (Å²) in [5.41, 5.74) is 0.906. The van der Waals surface area contributed by atoms with Gasteiger partial charge in [-0.25, -0.2) is 0 Å². The number of halogens is 1. The van der Waals surface area contributed by atoms with Crippen molar-refractivity contribution in [2.45, 2.75) is 55.6 Å². The van der Waals surface area contributed by atoms with Crippen LogP contribution in [0.4, 0.5) is 0 Å². The molecule has 1 N–H and O–H groups in total. The van der Waals surface area contributed by atoms with Gasteiger partial charge >= 0.3 is 0 Å². The van der Waals surface area contributed by atoms with E-state index in [1.807, 2.05) is 47.9 Å². The molecule has 1 atom stereocenters. The van der Waals surface area contributed by atoms with Gasteiger partial charge in [-0.15, -0.1) is 10.2 Å². The van der Waals surface area contributed by atoms with Crippen LogP contribution in [0, 0.1) is 0 Å². The molecule has 152 valence electrons. The Kier molecular flexibility index (Phi) is 6.25. The van der Waals surface area contributed by atoms with Crippen molar-refractivity contribution >= 4 is 29.3 Å². The number of amides is 1. The van der Waals surface area contributed by atoms with Crippen LogP contribution in [0.5, 0.6) is 0 Å². The van der Waals surface area contributed by atoms with Crippen molar-refractivity contribution in [2.75, 3.05) is 0 Å². The first kappa shape index (κ1) is 20.0. The molecule has 1 unspecified atom stereocenters. The van der Waals surface area contributed by atoms with Crippen LogP contribution in [-0.2, 0) is 11.3 Å². The quantitative estimate of drug-likeness (QED) is 0.546. The van der Waals surface area contributed by atoms with Crippen LogP contribution in [0.1, 0.15) is 38.4 Å². The third kappa shape index (κ3) is 4.85. The lowest BCUT2D eigenvalue weighted by molar-refractivity contribution is -0.120. The Balaban J connectivity index is 1.56. The van der Waals surface area contributed by atoms with Gasteiger partial charge in [0.15, 0.2) is 11.0 Å². The van der Waals surface area contributed by atoms with Gasteiger partial charge in [-0.05, 0) is 56.2 Å². The molecule has 1 aliphatic carbocycles. The van der Waals surface area contributed by atoms with E-state index in [1.54, 1.807) is 6.26 Å². The summed E-state index contributed by atoms with van der Waals surface area (Å²) >= 11 is 7.44. The molecule has 1 aromatic carbocycles. The highest BCUT2D eigenvalue weighted by atomic mass is 35.5. The van der Waals surface area contributed by atoms with Crippen molar-refractivity contribution in [1.29, 1.82) is 0 Å². The summed E-state index contributed by atoms with van der Waals surface area (Å²) in [5, 5.41) is 13.0. The average molecular weight is 431 g/mol. The van der Waals surface area contributed by atoms with E-state index in [-0.39, 0.29) is 11.2 Å². The molecule has 1 saturated carbocycles. The van der Waals surface area contributed by atoms with E-state index >= 15 is 0 Å². The van der Waals surface area contributed by atoms with Gasteiger partial charge in [0, 0.05) is 16.6 Å². The molecule has 0 bridgehead atoms. The number of nitrogens with zero attached hydrogens (tertiary/aromatic N) is 3. The van der Waals surface area contributed by atoms with Crippen LogP contribution in [0.2, 0.25) is 5.02 Å². The van der Waals surface area contributed by atoms with Crippen molar-refractivity contribution in [3.63, 3.8) is 0 Å². The minimum atomic E-state index is -0.270. The molecule has 2 aromatic heterocycles. The normalized spacial score (nSPS) is 15.5. The molecular formula is C21H23ClN4O2S. The molecular weight excluding hydrogens is 408 g/mol. The SMILES string of the molecule is CC(Sc1nnc(-c2ccc(Cl)cc2)n1Cc1ccco1)C(=O)NC1CCCC1. The Hall–Kier alpha value is -2.25. The molecule has 0 spiro atoms. The minimum Gasteiger partial charge on any atom is -0.467 e. The van der Waals surface area contributed by atoms with Crippen LogP contribution in [0.3, 0.4) is 0 Å². The number of furan rings is 1. The number of hydrogen-bond acceptors (Lipinski definition) is 5. The van der Waals surface area contributed by atoms with Gasteiger partial charge in [0.2, 0.25) is 5.91 Å². The van der Waals surface area contributed by atoms with Crippen LogP contribution in [0.25, 0.3) is 11.4 Å². The number of rotatable bonds is 7. The Bertz CT molecular complexity index is 950. The number of carbonyl (C=O) groups is 1. The number of aromatic nitrogens is 3. The van der Waals surface area contributed by atoms with E-state index in [2.05, 4.69) is 15.5 Å². The molecule has 0 saturated heterocycles. The zero-order chi connectivity index (χ0) is 20.2. The summed E-state index contributed by atoms with van der Waals surface area (Å²) < 4.78 is 7.51. The Morgan fingerprint density at radius 3 is 2.72 bits per heavy atom. The Labute approximate surface area is 179 Å². The third-order valence-electron chi connectivity index (χ3n) is 5.07. The van der Waals surface area contributed by atoms with Crippen molar-refractivity contribution < 1.29 is 9.21 Å². The monoisotopic (exact) mass is 430 g/mol. The number of hydrogen-bond donors (Lipinski definition) is 1. The molecule has 3 aromatic rings. The lowest BCUT2D eigenvalue weighted by atomic mass is 10.2. The number of benzene rings is 1. The van der Waals surface area contributed by atoms with Crippen molar-refractivity contribution in [1.82, 2.24) is 20.1 Å². The molecule has 8 heteroatoms. The van der Waals surface area contributed by atoms with E-state index in [0.717, 1.165) is 24.2 Å². The van der Waals surface area contributed by atoms with Crippen LogP contribution in [0.15, 0.2) is 52.2 Å². The van der Waals surface area contributed by atoms with Gasteiger partial charge in [0.1, 0.15) is 5.76 Å². The van der Waals surface area contributed by atoms with Crippen molar-refractivity contribution in [3.8, 4) is 11.4 Å². The van der Waals surface area contributed by atoms with E-state index in [9.17, 15) is 4.79 Å². The van der Waals surface area contributed by atoms with E-state index in [0.29, 0.717) is 28.6 Å². The fourth-order valence-corrected chi connectivity index (χ4v) is 4.47. The summed E-state index contributed by atoms with van der Waals surface area (Å²) in [5.74, 6) is 1.55. The first-order valence-corrected chi connectivity index (χ1v) is 11.0. The van der Waals surface area contributed by atoms with Gasteiger partial charge in [0.25, 0.3) is 0 Å². The fourth-order valence-electron chi connectivity index (χ4n) is 3.49. The average Bonchev–Trinajstić information content (AvgIpc) is 3.47. The molecule has 6 nitrogen and oxygen atoms in total. The highest BCUT2D eigenvalue weighted by molar-refractivity contribution is 8.00. The third-order valence-corrected chi connectivity index (χ3v) is 6.40. The maximum atomic E-state index is 12.6. The summed E-state index contributed by atoms with van der Waals surface area (Å²) in [7, 11) is 0. The maximum Gasteiger partial charge on any atom is 0.233 e. The van der Waals surface area contributed by atoms with Crippen LogP contribution in [-0.4, -0.2) is 32.0 Å². The fraction of sp³-hybridized carbons (Fsp3) is 0.381. The standard InChI is InChI=1S/C21H23ClN4O2S/c1-14(20(27)23-17-5-2-3-6-17)29-21-25-24-19(15-8-10-16(22)11-9-15)26(21)13-18-7-4-12-28-18/h4,7-12,14,17H,2-3,5-6,13H2,1H3,(H,23,27). The second-order valence-electron chi connectivity index (χ2n) is 7.23. The lowest BCUT2D eigenvalue weighted by Crippen LogP contribution is -2.37. The first-order valence-electron chi connectivity index (χ1n) is 9.78. The van der Waals surface area contributed by atoms with E-state index in [1.165, 1.54) is 24.6 Å². The molecule has 1 fully saturated rings. The largest absolute Gasteiger partial charge is 0.467 e. The first-order chi connectivity index (χ1) is 14.1. The van der Waals surface area contributed by atoms with Crippen molar-refractivity contribution in [3.05, 3.63) is 53.4 Å². The zero-order valence-corrected chi connectivity index (χ0v) is 17.7. The van der Waals surface area contributed by atoms with E-state index < -0.39 is 0 Å². The maximum absolute atomic E-state index is 12.6. The Morgan fingerprint density at radius 2 is 2.03 bits per heavy atom. The van der Waals surface area contributed by atoms with Crippen molar-refractivity contribution in [2.24, 2.45) is 0 Å². The Morgan fingerprint density at radius 1 is 1.28 bits per heavy atom. The smallest absolute Gasteiger partial charge is 0.233 e. The van der Waals surface area contributed by atoms with E-state index in [4.69, 9.17) is 16.0 Å². The lowest BCUT2D eigenvalue weighted by Gasteiger charge is -2.16. The second kappa shape index (κ2) is 9.05. The van der Waals surface area contributed by atoms with Gasteiger partial charge in [0.05, 0.1) is 18.1 Å². The molecule has 0 aliphatic heterocycles. The summed E-state index contributed by atoms with van der Waals surface area (Å²) in [6.07, 6.45) is 6.16. The molecule has 0 radical (unpaired) electrons. The van der Waals surface area contributed by atoms with Crippen LogP contribution >= 0.6 is 23.4 Å². The zero-order valence-electron chi connectivity index (χ0n) is 16.2. The predicted molar refractivity (Wildman–Crippen MR) is 114 cm³/mol. The number of carbonyl (C=O) groups excluding carboxylic acids is 1. The summed E-state index contributed by atoms with van der Waals surface area (Å²) in [6, 6.07) is 11.5. The van der Waals surface area contributed by atoms with Gasteiger partial charge in [-0.3, -0.25) is 9.36 Å². The summed E-state index contributed by atoms with van der Waals surface area (Å²) in [6.45, 7) is 2.39. The molecule has 4 rings (SSSR count). The second-order valence-corrected chi connectivity index (χ2v) is 8.97. The highest BCUT2D eigenvalue weighted by Gasteiger charge is 2.24. The summed E-state index contributed by atoms with van der Waals surface area (Å²) in [4.78, 5) is 12.6. The van der Waals surface area contributed by atoms with Gasteiger partial charge in [-0.1, -0.05) is 36.2 Å². The number of thioether (sulfide) groups is 1. The van der Waals surface area contributed by atoms with Gasteiger partial charge in [-0.2, -0.15) is 0 Å². The molecule has 2 heterocycles. The predicted octanol–water partition coefficient (Wildman–Crippen LogP) is 4.78. The molecule has 29 heavy (non-hydrogen) atoms.